The summed E-state index contributed by atoms with van der Waals surface area (Å²) in [5, 5.41) is 10.3. The second-order valence-electron chi connectivity index (χ2n) is 3.51. The third kappa shape index (κ3) is 1.91. The fraction of sp³-hybridized carbons (Fsp3) is 0.250. The maximum atomic E-state index is 11.2. The van der Waals surface area contributed by atoms with Gasteiger partial charge in [0.1, 0.15) is 0 Å². The van der Waals surface area contributed by atoms with Gasteiger partial charge in [-0.15, -0.1) is 0 Å². The number of fused-ring (bicyclic) bond motifs is 1. The number of furan rings is 1. The Kier molecular flexibility index (Phi) is 2.91. The Bertz CT molecular complexity index is 555. The summed E-state index contributed by atoms with van der Waals surface area (Å²) in [6.45, 7) is 0. The Morgan fingerprint density at radius 1 is 1.41 bits per heavy atom. The number of esters is 1. The predicted molar refractivity (Wildman–Crippen MR) is 60.2 cm³/mol. The number of carbonyl (C=O) groups is 1. The van der Waals surface area contributed by atoms with E-state index in [1.54, 1.807) is 6.07 Å². The molecule has 5 nitrogen and oxygen atoms in total. The molecule has 2 aromatic rings. The van der Waals surface area contributed by atoms with Crippen molar-refractivity contribution in [3.8, 4) is 11.5 Å². The maximum absolute atomic E-state index is 11.2. The maximum Gasteiger partial charge on any atom is 0.310 e. The lowest BCUT2D eigenvalue weighted by atomic mass is 10.1. The molecule has 0 fully saturated rings. The molecule has 5 heteroatoms. The summed E-state index contributed by atoms with van der Waals surface area (Å²) >= 11 is 0. The van der Waals surface area contributed by atoms with Crippen molar-refractivity contribution < 1.29 is 23.8 Å². The molecule has 0 bridgehead atoms. The Hall–Kier alpha value is -2.17. The van der Waals surface area contributed by atoms with Crippen LogP contribution >= 0.6 is 0 Å². The topological polar surface area (TPSA) is 68.9 Å². The minimum atomic E-state index is -0.347. The van der Waals surface area contributed by atoms with Gasteiger partial charge in [-0.25, -0.2) is 0 Å². The average Bonchev–Trinajstić information content (AvgIpc) is 2.72. The molecule has 0 aliphatic heterocycles. The molecule has 1 heterocycles. The van der Waals surface area contributed by atoms with Crippen molar-refractivity contribution >= 4 is 16.9 Å². The van der Waals surface area contributed by atoms with E-state index in [0.717, 1.165) is 5.39 Å². The fourth-order valence-corrected chi connectivity index (χ4v) is 1.68. The van der Waals surface area contributed by atoms with Gasteiger partial charge < -0.3 is 19.0 Å². The number of benzene rings is 1. The van der Waals surface area contributed by atoms with E-state index >= 15 is 0 Å². The van der Waals surface area contributed by atoms with Crippen molar-refractivity contribution in [3.63, 3.8) is 0 Å². The van der Waals surface area contributed by atoms with Gasteiger partial charge in [0.2, 0.25) is 5.75 Å². The number of aromatic hydroxyl groups is 1. The van der Waals surface area contributed by atoms with Crippen LogP contribution in [0.5, 0.6) is 11.5 Å². The molecular weight excluding hydrogens is 224 g/mol. The van der Waals surface area contributed by atoms with E-state index in [4.69, 9.17) is 9.15 Å². The summed E-state index contributed by atoms with van der Waals surface area (Å²) in [5.74, 6) is -0.0858. The van der Waals surface area contributed by atoms with Gasteiger partial charge in [-0.2, -0.15) is 0 Å². The summed E-state index contributed by atoms with van der Waals surface area (Å²) in [4.78, 5) is 11.2. The summed E-state index contributed by atoms with van der Waals surface area (Å²) in [7, 11) is 2.77. The van der Waals surface area contributed by atoms with E-state index in [2.05, 4.69) is 4.74 Å². The quantitative estimate of drug-likeness (QED) is 0.824. The molecule has 1 aromatic heterocycles. The molecule has 90 valence electrons. The lowest BCUT2D eigenvalue weighted by molar-refractivity contribution is -0.139. The molecule has 1 N–H and O–H groups in total. The zero-order valence-electron chi connectivity index (χ0n) is 9.52. The molecular formula is C12H12O5. The van der Waals surface area contributed by atoms with Gasteiger partial charge in [0.05, 0.1) is 26.9 Å². The SMILES string of the molecule is COC(=O)Cc1coc2c(OC)c(O)ccc12. The van der Waals surface area contributed by atoms with Gasteiger partial charge in [0.15, 0.2) is 11.3 Å². The average molecular weight is 236 g/mol. The van der Waals surface area contributed by atoms with Crippen molar-refractivity contribution in [2.75, 3.05) is 14.2 Å². The largest absolute Gasteiger partial charge is 0.504 e. The standard InChI is InChI=1S/C12H12O5/c1-15-10(14)5-7-6-17-11-8(7)3-4-9(13)12(11)16-2/h3-4,6,13H,5H2,1-2H3. The smallest absolute Gasteiger partial charge is 0.310 e. The molecule has 0 aliphatic rings. The number of methoxy groups -OCH3 is 2. The molecule has 0 saturated carbocycles. The molecule has 0 unspecified atom stereocenters. The van der Waals surface area contributed by atoms with Crippen LogP contribution in [0.1, 0.15) is 5.56 Å². The van der Waals surface area contributed by atoms with Crippen LogP contribution in [-0.2, 0) is 16.0 Å². The van der Waals surface area contributed by atoms with E-state index in [1.807, 2.05) is 0 Å². The Morgan fingerprint density at radius 2 is 2.18 bits per heavy atom. The minimum Gasteiger partial charge on any atom is -0.504 e. The molecule has 0 atom stereocenters. The zero-order valence-corrected chi connectivity index (χ0v) is 9.52. The predicted octanol–water partition coefficient (Wildman–Crippen LogP) is 1.86. The summed E-state index contributed by atoms with van der Waals surface area (Å²) in [5.41, 5.74) is 1.12. The van der Waals surface area contributed by atoms with Crippen molar-refractivity contribution in [2.45, 2.75) is 6.42 Å². The first kappa shape index (κ1) is 11.3. The van der Waals surface area contributed by atoms with Crippen LogP contribution in [0.25, 0.3) is 11.0 Å². The molecule has 0 aliphatic carbocycles. The number of carbonyl (C=O) groups excluding carboxylic acids is 1. The van der Waals surface area contributed by atoms with Crippen LogP contribution < -0.4 is 4.74 Å². The second kappa shape index (κ2) is 4.37. The third-order valence-electron chi connectivity index (χ3n) is 2.52. The first-order chi connectivity index (χ1) is 8.17. The van der Waals surface area contributed by atoms with Gasteiger partial charge in [-0.1, -0.05) is 0 Å². The Labute approximate surface area is 97.6 Å². The summed E-state index contributed by atoms with van der Waals surface area (Å²) in [6, 6.07) is 3.17. The van der Waals surface area contributed by atoms with Crippen molar-refractivity contribution in [1.29, 1.82) is 0 Å². The molecule has 0 radical (unpaired) electrons. The van der Waals surface area contributed by atoms with Crippen molar-refractivity contribution in [1.82, 2.24) is 0 Å². The lowest BCUT2D eigenvalue weighted by Gasteiger charge is -2.03. The van der Waals surface area contributed by atoms with Gasteiger partial charge in [-0.3, -0.25) is 4.79 Å². The van der Waals surface area contributed by atoms with Crippen LogP contribution in [0.3, 0.4) is 0 Å². The van der Waals surface area contributed by atoms with Crippen LogP contribution in [0, 0.1) is 0 Å². The molecule has 0 spiro atoms. The van der Waals surface area contributed by atoms with Crippen molar-refractivity contribution in [3.05, 3.63) is 24.0 Å². The van der Waals surface area contributed by atoms with E-state index in [0.29, 0.717) is 11.1 Å². The van der Waals surface area contributed by atoms with Crippen LogP contribution in [-0.4, -0.2) is 25.3 Å². The molecule has 17 heavy (non-hydrogen) atoms. The van der Waals surface area contributed by atoms with Crippen LogP contribution in [0.2, 0.25) is 0 Å². The highest BCUT2D eigenvalue weighted by Crippen LogP contribution is 2.37. The summed E-state index contributed by atoms with van der Waals surface area (Å²) < 4.78 is 14.9. The van der Waals surface area contributed by atoms with E-state index in [1.165, 1.54) is 26.5 Å². The fourth-order valence-electron chi connectivity index (χ4n) is 1.68. The number of phenolic OH excluding ortho intramolecular Hbond substituents is 1. The van der Waals surface area contributed by atoms with Gasteiger partial charge in [0.25, 0.3) is 0 Å². The first-order valence-electron chi connectivity index (χ1n) is 5.00. The highest BCUT2D eigenvalue weighted by atomic mass is 16.5. The highest BCUT2D eigenvalue weighted by molar-refractivity contribution is 5.91. The third-order valence-corrected chi connectivity index (χ3v) is 2.52. The van der Waals surface area contributed by atoms with E-state index in [9.17, 15) is 9.90 Å². The molecule has 0 amide bonds. The van der Waals surface area contributed by atoms with E-state index in [-0.39, 0.29) is 23.9 Å². The Balaban J connectivity index is 2.51. The van der Waals surface area contributed by atoms with Crippen LogP contribution in [0.4, 0.5) is 0 Å². The van der Waals surface area contributed by atoms with Gasteiger partial charge >= 0.3 is 5.97 Å². The van der Waals surface area contributed by atoms with Gasteiger partial charge in [0, 0.05) is 10.9 Å². The lowest BCUT2D eigenvalue weighted by Crippen LogP contribution is -2.03. The van der Waals surface area contributed by atoms with Crippen LogP contribution in [0.15, 0.2) is 22.8 Å². The minimum absolute atomic E-state index is 0.000956. The zero-order chi connectivity index (χ0) is 12.4. The highest BCUT2D eigenvalue weighted by Gasteiger charge is 2.16. The number of rotatable bonds is 3. The number of hydrogen-bond acceptors (Lipinski definition) is 5. The summed E-state index contributed by atoms with van der Waals surface area (Å²) in [6.07, 6.45) is 1.58. The normalized spacial score (nSPS) is 10.5. The molecule has 2 rings (SSSR count). The Morgan fingerprint density at radius 3 is 2.82 bits per heavy atom. The van der Waals surface area contributed by atoms with E-state index < -0.39 is 0 Å². The monoisotopic (exact) mass is 236 g/mol. The first-order valence-corrected chi connectivity index (χ1v) is 5.00. The number of phenols is 1. The molecule has 0 saturated heterocycles. The number of hydrogen-bond donors (Lipinski definition) is 1. The number of ether oxygens (including phenoxy) is 2. The van der Waals surface area contributed by atoms with Gasteiger partial charge in [-0.05, 0) is 12.1 Å². The second-order valence-corrected chi connectivity index (χ2v) is 3.51. The molecule has 1 aromatic carbocycles. The van der Waals surface area contributed by atoms with Crippen molar-refractivity contribution in [2.24, 2.45) is 0 Å².